The van der Waals surface area contributed by atoms with Crippen LogP contribution in [-0.4, -0.2) is 18.9 Å². The zero-order valence-electron chi connectivity index (χ0n) is 8.41. The van der Waals surface area contributed by atoms with E-state index < -0.39 is 11.8 Å². The molecule has 1 aromatic carbocycles. The normalized spacial score (nSPS) is 14.8. The Labute approximate surface area is 96.9 Å². The molecule has 0 saturated carbocycles. The molecule has 4 nitrogen and oxygen atoms in total. The van der Waals surface area contributed by atoms with Crippen LogP contribution in [0.25, 0.3) is 5.57 Å². The number of carbonyl (C=O) groups is 2. The molecule has 0 aromatic heterocycles. The first-order chi connectivity index (χ1) is 7.61. The van der Waals surface area contributed by atoms with Gasteiger partial charge < -0.3 is 4.74 Å². The topological polar surface area (TPSA) is 55.4 Å². The molecule has 1 N–H and O–H groups in total. The van der Waals surface area contributed by atoms with Gasteiger partial charge in [-0.25, -0.2) is 0 Å². The molecule has 16 heavy (non-hydrogen) atoms. The maximum atomic E-state index is 11.4. The summed E-state index contributed by atoms with van der Waals surface area (Å²) in [4.78, 5) is 22.4. The van der Waals surface area contributed by atoms with Gasteiger partial charge in [0.2, 0.25) is 0 Å². The molecular weight excluding hydrogens is 230 g/mol. The third-order valence-corrected chi connectivity index (χ3v) is 2.51. The van der Waals surface area contributed by atoms with Gasteiger partial charge in [-0.2, -0.15) is 0 Å². The van der Waals surface area contributed by atoms with Crippen LogP contribution >= 0.6 is 11.6 Å². The summed E-state index contributed by atoms with van der Waals surface area (Å²) in [6, 6.07) is 4.91. The summed E-state index contributed by atoms with van der Waals surface area (Å²) < 4.78 is 4.99. The molecule has 0 radical (unpaired) electrons. The van der Waals surface area contributed by atoms with E-state index in [1.807, 2.05) is 0 Å². The summed E-state index contributed by atoms with van der Waals surface area (Å²) in [6.45, 7) is 0. The second-order valence-corrected chi connectivity index (χ2v) is 3.63. The van der Waals surface area contributed by atoms with Gasteiger partial charge in [-0.3, -0.25) is 14.9 Å². The van der Waals surface area contributed by atoms with Gasteiger partial charge in [0.05, 0.1) is 17.7 Å². The standard InChI is InChI=1S/C11H8ClNO3/c1-16-9-3-2-6(4-8(9)12)7-5-10(14)13-11(7)15/h2-5H,1H3,(H,13,14,15). The van der Waals surface area contributed by atoms with Crippen LogP contribution in [-0.2, 0) is 9.59 Å². The Morgan fingerprint density at radius 1 is 1.31 bits per heavy atom. The van der Waals surface area contributed by atoms with Crippen molar-refractivity contribution in [2.24, 2.45) is 0 Å². The number of benzene rings is 1. The van der Waals surface area contributed by atoms with Crippen LogP contribution in [0.3, 0.4) is 0 Å². The first-order valence-corrected chi connectivity index (χ1v) is 4.90. The van der Waals surface area contributed by atoms with Gasteiger partial charge in [-0.05, 0) is 17.7 Å². The lowest BCUT2D eigenvalue weighted by atomic mass is 10.1. The van der Waals surface area contributed by atoms with Crippen molar-refractivity contribution in [3.8, 4) is 5.75 Å². The highest BCUT2D eigenvalue weighted by Gasteiger charge is 2.22. The maximum Gasteiger partial charge on any atom is 0.258 e. The minimum Gasteiger partial charge on any atom is -0.495 e. The fourth-order valence-electron chi connectivity index (χ4n) is 1.46. The number of rotatable bonds is 2. The molecule has 0 spiro atoms. The van der Waals surface area contributed by atoms with Crippen LogP contribution in [0.4, 0.5) is 0 Å². The number of amides is 2. The van der Waals surface area contributed by atoms with Gasteiger partial charge in [0.1, 0.15) is 5.75 Å². The Bertz CT molecular complexity index is 508. The molecule has 0 atom stereocenters. The Hall–Kier alpha value is -1.81. The maximum absolute atomic E-state index is 11.4. The lowest BCUT2D eigenvalue weighted by molar-refractivity contribution is -0.123. The SMILES string of the molecule is COc1ccc(C2=CC(=O)NC2=O)cc1Cl. The predicted octanol–water partition coefficient (Wildman–Crippen LogP) is 1.39. The molecule has 82 valence electrons. The Balaban J connectivity index is 2.42. The molecule has 0 fully saturated rings. The third-order valence-electron chi connectivity index (χ3n) is 2.22. The zero-order chi connectivity index (χ0) is 11.7. The van der Waals surface area contributed by atoms with E-state index in [-0.39, 0.29) is 0 Å². The van der Waals surface area contributed by atoms with Crippen molar-refractivity contribution in [3.05, 3.63) is 34.9 Å². The highest BCUT2D eigenvalue weighted by Crippen LogP contribution is 2.28. The smallest absolute Gasteiger partial charge is 0.258 e. The van der Waals surface area contributed by atoms with E-state index in [1.165, 1.54) is 13.2 Å². The van der Waals surface area contributed by atoms with Gasteiger partial charge >= 0.3 is 0 Å². The molecule has 0 saturated heterocycles. The summed E-state index contributed by atoms with van der Waals surface area (Å²) in [5.74, 6) is -0.297. The molecule has 2 amide bonds. The van der Waals surface area contributed by atoms with Gasteiger partial charge in [0.25, 0.3) is 11.8 Å². The van der Waals surface area contributed by atoms with Crippen LogP contribution in [0.1, 0.15) is 5.56 Å². The molecule has 2 rings (SSSR count). The van der Waals surface area contributed by atoms with Crippen molar-refractivity contribution < 1.29 is 14.3 Å². The molecule has 5 heteroatoms. The Kier molecular flexibility index (Phi) is 2.66. The summed E-state index contributed by atoms with van der Waals surface area (Å²) in [7, 11) is 1.51. The van der Waals surface area contributed by atoms with E-state index in [9.17, 15) is 9.59 Å². The van der Waals surface area contributed by atoms with Crippen LogP contribution in [0.5, 0.6) is 5.75 Å². The molecule has 0 unspecified atom stereocenters. The van der Waals surface area contributed by atoms with Crippen molar-refractivity contribution in [1.29, 1.82) is 0 Å². The summed E-state index contributed by atoms with van der Waals surface area (Å²) in [6.07, 6.45) is 1.25. The fraction of sp³-hybridized carbons (Fsp3) is 0.0909. The molecule has 0 aliphatic carbocycles. The average Bonchev–Trinajstić information content (AvgIpc) is 2.58. The van der Waals surface area contributed by atoms with Crippen LogP contribution in [0.2, 0.25) is 5.02 Å². The molecule has 1 aliphatic heterocycles. The van der Waals surface area contributed by atoms with Gasteiger partial charge in [0, 0.05) is 6.08 Å². The van der Waals surface area contributed by atoms with Crippen LogP contribution in [0, 0.1) is 0 Å². The summed E-state index contributed by atoms with van der Waals surface area (Å²) in [5.41, 5.74) is 0.906. The Morgan fingerprint density at radius 3 is 2.56 bits per heavy atom. The number of ether oxygens (including phenoxy) is 1. The monoisotopic (exact) mass is 237 g/mol. The molecule has 1 aliphatic rings. The number of hydrogen-bond donors (Lipinski definition) is 1. The number of methoxy groups -OCH3 is 1. The predicted molar refractivity (Wildman–Crippen MR) is 59.1 cm³/mol. The second-order valence-electron chi connectivity index (χ2n) is 3.23. The number of carbonyl (C=O) groups excluding carboxylic acids is 2. The second kappa shape index (κ2) is 3.98. The van der Waals surface area contributed by atoms with Crippen molar-refractivity contribution in [3.63, 3.8) is 0 Å². The molecule has 1 heterocycles. The summed E-state index contributed by atoms with van der Waals surface area (Å²) >= 11 is 5.92. The van der Waals surface area contributed by atoms with E-state index in [0.717, 1.165) is 0 Å². The fourth-order valence-corrected chi connectivity index (χ4v) is 1.72. The van der Waals surface area contributed by atoms with Crippen molar-refractivity contribution in [2.75, 3.05) is 7.11 Å². The van der Waals surface area contributed by atoms with Crippen molar-refractivity contribution >= 4 is 29.0 Å². The number of imide groups is 1. The van der Waals surface area contributed by atoms with Gasteiger partial charge in [0.15, 0.2) is 0 Å². The highest BCUT2D eigenvalue weighted by atomic mass is 35.5. The van der Waals surface area contributed by atoms with Crippen molar-refractivity contribution in [1.82, 2.24) is 5.32 Å². The zero-order valence-corrected chi connectivity index (χ0v) is 9.17. The van der Waals surface area contributed by atoms with E-state index >= 15 is 0 Å². The summed E-state index contributed by atoms with van der Waals surface area (Å²) in [5, 5.41) is 2.56. The van der Waals surface area contributed by atoms with E-state index in [4.69, 9.17) is 16.3 Å². The molecule has 0 bridgehead atoms. The lowest BCUT2D eigenvalue weighted by Crippen LogP contribution is -2.21. The molecular formula is C11H8ClNO3. The van der Waals surface area contributed by atoms with Crippen molar-refractivity contribution in [2.45, 2.75) is 0 Å². The largest absolute Gasteiger partial charge is 0.495 e. The van der Waals surface area contributed by atoms with Crippen LogP contribution < -0.4 is 10.1 Å². The Morgan fingerprint density at radius 2 is 2.06 bits per heavy atom. The van der Waals surface area contributed by atoms with Crippen LogP contribution in [0.15, 0.2) is 24.3 Å². The van der Waals surface area contributed by atoms with Gasteiger partial charge in [-0.15, -0.1) is 0 Å². The van der Waals surface area contributed by atoms with E-state index in [2.05, 4.69) is 5.32 Å². The minimum absolute atomic E-state index is 0.314. The van der Waals surface area contributed by atoms with E-state index in [0.29, 0.717) is 21.9 Å². The lowest BCUT2D eigenvalue weighted by Gasteiger charge is -2.05. The number of halogens is 1. The minimum atomic E-state index is -0.411. The number of nitrogens with one attached hydrogen (secondary N) is 1. The molecule has 1 aromatic rings. The third kappa shape index (κ3) is 1.79. The van der Waals surface area contributed by atoms with Gasteiger partial charge in [-0.1, -0.05) is 17.7 Å². The van der Waals surface area contributed by atoms with E-state index in [1.54, 1.807) is 18.2 Å². The average molecular weight is 238 g/mol. The highest BCUT2D eigenvalue weighted by molar-refractivity contribution is 6.35. The first-order valence-electron chi connectivity index (χ1n) is 4.52. The quantitative estimate of drug-likeness (QED) is 0.791. The number of hydrogen-bond acceptors (Lipinski definition) is 3. The first kappa shape index (κ1) is 10.7.